The van der Waals surface area contributed by atoms with Gasteiger partial charge in [0.05, 0.1) is 16.4 Å². The Bertz CT molecular complexity index is 390. The maximum atomic E-state index is 6.31. The van der Waals surface area contributed by atoms with Crippen LogP contribution >= 0.6 is 11.6 Å². The minimum absolute atomic E-state index is 0.331. The smallest absolute Gasteiger partial charge is 0.0863 e. The van der Waals surface area contributed by atoms with Gasteiger partial charge >= 0.3 is 0 Å². The molecular weight excluding hydrogens is 246 g/mol. The SMILES string of the molecule is CCc1nn(C)c(CNCC(C)C(C)(C)C)c1Cl. The molecular formula is C14H26ClN3. The van der Waals surface area contributed by atoms with Gasteiger partial charge in [-0.2, -0.15) is 5.10 Å². The number of rotatable bonds is 5. The van der Waals surface area contributed by atoms with Crippen molar-refractivity contribution in [2.24, 2.45) is 18.4 Å². The second-order valence-electron chi connectivity index (χ2n) is 6.08. The number of aromatic nitrogens is 2. The van der Waals surface area contributed by atoms with Crippen molar-refractivity contribution in [2.75, 3.05) is 6.54 Å². The molecule has 1 heterocycles. The number of aryl methyl sites for hydroxylation is 2. The summed E-state index contributed by atoms with van der Waals surface area (Å²) in [5, 5.41) is 8.72. The lowest BCUT2D eigenvalue weighted by Crippen LogP contribution is -2.30. The van der Waals surface area contributed by atoms with E-state index < -0.39 is 0 Å². The first-order valence-electron chi connectivity index (χ1n) is 6.68. The molecule has 104 valence electrons. The third-order valence-corrected chi connectivity index (χ3v) is 4.16. The zero-order chi connectivity index (χ0) is 13.9. The van der Waals surface area contributed by atoms with Crippen molar-refractivity contribution in [1.29, 1.82) is 0 Å². The zero-order valence-corrected chi connectivity index (χ0v) is 13.2. The molecule has 0 aliphatic heterocycles. The summed E-state index contributed by atoms with van der Waals surface area (Å²) < 4.78 is 1.88. The second-order valence-corrected chi connectivity index (χ2v) is 6.46. The van der Waals surface area contributed by atoms with Gasteiger partial charge < -0.3 is 5.32 Å². The predicted molar refractivity (Wildman–Crippen MR) is 77.9 cm³/mol. The van der Waals surface area contributed by atoms with Crippen LogP contribution in [0.1, 0.15) is 46.0 Å². The third kappa shape index (κ3) is 3.72. The molecule has 0 fully saturated rings. The highest BCUT2D eigenvalue weighted by atomic mass is 35.5. The van der Waals surface area contributed by atoms with Gasteiger partial charge in [0.25, 0.3) is 0 Å². The molecule has 0 aliphatic rings. The van der Waals surface area contributed by atoms with Crippen LogP contribution in [-0.2, 0) is 20.0 Å². The fourth-order valence-corrected chi connectivity index (χ4v) is 2.09. The average Bonchev–Trinajstić information content (AvgIpc) is 2.54. The van der Waals surface area contributed by atoms with Gasteiger partial charge in [0, 0.05) is 13.6 Å². The number of nitrogens with zero attached hydrogens (tertiary/aromatic N) is 2. The van der Waals surface area contributed by atoms with E-state index in [0.717, 1.165) is 35.9 Å². The monoisotopic (exact) mass is 271 g/mol. The van der Waals surface area contributed by atoms with Gasteiger partial charge in [0.2, 0.25) is 0 Å². The molecule has 1 aromatic heterocycles. The first-order chi connectivity index (χ1) is 8.27. The summed E-state index contributed by atoms with van der Waals surface area (Å²) in [6, 6.07) is 0. The van der Waals surface area contributed by atoms with E-state index >= 15 is 0 Å². The van der Waals surface area contributed by atoms with Crippen LogP contribution in [0.15, 0.2) is 0 Å². The van der Waals surface area contributed by atoms with Gasteiger partial charge in [0.1, 0.15) is 0 Å². The highest BCUT2D eigenvalue weighted by molar-refractivity contribution is 6.31. The Hall–Kier alpha value is -0.540. The lowest BCUT2D eigenvalue weighted by atomic mass is 9.82. The van der Waals surface area contributed by atoms with E-state index in [0.29, 0.717) is 11.3 Å². The Kier molecular flexibility index (Phi) is 5.23. The Labute approximate surface area is 116 Å². The molecule has 0 amide bonds. The standard InChI is InChI=1S/C14H26ClN3/c1-7-11-13(15)12(18(6)17-11)9-16-8-10(2)14(3,4)5/h10,16H,7-9H2,1-6H3. The maximum absolute atomic E-state index is 6.31. The molecule has 1 atom stereocenters. The van der Waals surface area contributed by atoms with Crippen molar-refractivity contribution in [3.05, 3.63) is 16.4 Å². The van der Waals surface area contributed by atoms with Crippen molar-refractivity contribution in [3.8, 4) is 0 Å². The molecule has 0 radical (unpaired) electrons. The molecule has 1 unspecified atom stereocenters. The molecule has 0 spiro atoms. The Morgan fingerprint density at radius 1 is 1.39 bits per heavy atom. The number of hydrogen-bond donors (Lipinski definition) is 1. The third-order valence-electron chi connectivity index (χ3n) is 3.72. The first kappa shape index (κ1) is 15.5. The molecule has 3 nitrogen and oxygen atoms in total. The van der Waals surface area contributed by atoms with Gasteiger partial charge in [-0.3, -0.25) is 4.68 Å². The Balaban J connectivity index is 2.57. The van der Waals surface area contributed by atoms with Gasteiger partial charge in [0.15, 0.2) is 0 Å². The second kappa shape index (κ2) is 6.07. The van der Waals surface area contributed by atoms with E-state index in [1.807, 2.05) is 11.7 Å². The molecule has 1 aromatic rings. The van der Waals surface area contributed by atoms with E-state index in [9.17, 15) is 0 Å². The lowest BCUT2D eigenvalue weighted by molar-refractivity contribution is 0.252. The summed E-state index contributed by atoms with van der Waals surface area (Å²) >= 11 is 6.31. The summed E-state index contributed by atoms with van der Waals surface area (Å²) in [6.07, 6.45) is 0.880. The Morgan fingerprint density at radius 3 is 2.44 bits per heavy atom. The molecule has 18 heavy (non-hydrogen) atoms. The average molecular weight is 272 g/mol. The molecule has 1 N–H and O–H groups in total. The van der Waals surface area contributed by atoms with E-state index in [4.69, 9.17) is 11.6 Å². The van der Waals surface area contributed by atoms with Crippen molar-refractivity contribution in [2.45, 2.75) is 47.6 Å². The molecule has 1 rings (SSSR count). The zero-order valence-electron chi connectivity index (χ0n) is 12.5. The van der Waals surface area contributed by atoms with E-state index in [2.05, 4.69) is 45.0 Å². The molecule has 4 heteroatoms. The minimum atomic E-state index is 0.331. The van der Waals surface area contributed by atoms with Gasteiger partial charge in [-0.1, -0.05) is 46.2 Å². The largest absolute Gasteiger partial charge is 0.311 e. The molecule has 0 aliphatic carbocycles. The summed E-state index contributed by atoms with van der Waals surface area (Å²) in [4.78, 5) is 0. The van der Waals surface area contributed by atoms with Gasteiger partial charge in [-0.05, 0) is 24.3 Å². The van der Waals surface area contributed by atoms with Gasteiger partial charge in [-0.25, -0.2) is 0 Å². The van der Waals surface area contributed by atoms with Crippen LogP contribution in [-0.4, -0.2) is 16.3 Å². The fourth-order valence-electron chi connectivity index (χ4n) is 1.73. The van der Waals surface area contributed by atoms with Crippen LogP contribution < -0.4 is 5.32 Å². The van der Waals surface area contributed by atoms with E-state index in [1.54, 1.807) is 0 Å². The van der Waals surface area contributed by atoms with Crippen molar-refractivity contribution in [3.63, 3.8) is 0 Å². The highest BCUT2D eigenvalue weighted by Crippen LogP contribution is 2.25. The topological polar surface area (TPSA) is 29.9 Å². The van der Waals surface area contributed by atoms with Crippen molar-refractivity contribution < 1.29 is 0 Å². The number of hydrogen-bond acceptors (Lipinski definition) is 2. The minimum Gasteiger partial charge on any atom is -0.311 e. The van der Waals surface area contributed by atoms with Crippen molar-refractivity contribution >= 4 is 11.6 Å². The summed E-state index contributed by atoms with van der Waals surface area (Å²) in [5.74, 6) is 0.621. The quantitative estimate of drug-likeness (QED) is 0.889. The molecule has 0 saturated carbocycles. The van der Waals surface area contributed by atoms with Crippen LogP contribution in [0.3, 0.4) is 0 Å². The fraction of sp³-hybridized carbons (Fsp3) is 0.786. The first-order valence-corrected chi connectivity index (χ1v) is 7.06. The normalized spacial score (nSPS) is 13.9. The molecule has 0 saturated heterocycles. The molecule has 0 aromatic carbocycles. The summed E-state index contributed by atoms with van der Waals surface area (Å²) in [7, 11) is 1.95. The van der Waals surface area contributed by atoms with Gasteiger partial charge in [-0.15, -0.1) is 0 Å². The van der Waals surface area contributed by atoms with Crippen LogP contribution in [0.2, 0.25) is 5.02 Å². The van der Waals surface area contributed by atoms with Crippen molar-refractivity contribution in [1.82, 2.24) is 15.1 Å². The summed E-state index contributed by atoms with van der Waals surface area (Å²) in [5.41, 5.74) is 2.40. The number of nitrogens with one attached hydrogen (secondary N) is 1. The van der Waals surface area contributed by atoms with E-state index in [1.165, 1.54) is 0 Å². The van der Waals surface area contributed by atoms with Crippen LogP contribution in [0.4, 0.5) is 0 Å². The van der Waals surface area contributed by atoms with Crippen LogP contribution in [0.5, 0.6) is 0 Å². The van der Waals surface area contributed by atoms with Crippen LogP contribution in [0.25, 0.3) is 0 Å². The molecule has 0 bridgehead atoms. The van der Waals surface area contributed by atoms with Crippen LogP contribution in [0, 0.1) is 11.3 Å². The van der Waals surface area contributed by atoms with E-state index in [-0.39, 0.29) is 0 Å². The predicted octanol–water partition coefficient (Wildman–Crippen LogP) is 3.41. The maximum Gasteiger partial charge on any atom is 0.0863 e. The Morgan fingerprint density at radius 2 is 2.00 bits per heavy atom. The lowest BCUT2D eigenvalue weighted by Gasteiger charge is -2.27. The highest BCUT2D eigenvalue weighted by Gasteiger charge is 2.20. The number of halogens is 1. The summed E-state index contributed by atoms with van der Waals surface area (Å²) in [6.45, 7) is 12.9.